The van der Waals surface area contributed by atoms with Gasteiger partial charge in [-0.25, -0.2) is 0 Å². The Balaban J connectivity index is 1.47. The first kappa shape index (κ1) is 21.1. The lowest BCUT2D eigenvalue weighted by Crippen LogP contribution is -2.39. The Bertz CT molecular complexity index is 598. The summed E-state index contributed by atoms with van der Waals surface area (Å²) in [7, 11) is 0. The molecule has 28 heavy (non-hydrogen) atoms. The molecule has 0 radical (unpaired) electrons. The minimum absolute atomic E-state index is 0.150. The van der Waals surface area contributed by atoms with E-state index in [4.69, 9.17) is 14.5 Å². The Morgan fingerprint density at radius 1 is 1.18 bits per heavy atom. The number of hydrogen-bond donors (Lipinski definition) is 2. The highest BCUT2D eigenvalue weighted by Crippen LogP contribution is 2.34. The van der Waals surface area contributed by atoms with Crippen LogP contribution in [0.25, 0.3) is 0 Å². The van der Waals surface area contributed by atoms with Crippen LogP contribution in [0.3, 0.4) is 0 Å². The zero-order valence-corrected chi connectivity index (χ0v) is 17.6. The number of nitrogens with one attached hydrogen (secondary N) is 2. The van der Waals surface area contributed by atoms with E-state index < -0.39 is 0 Å². The van der Waals surface area contributed by atoms with Gasteiger partial charge in [-0.15, -0.1) is 0 Å². The van der Waals surface area contributed by atoms with Gasteiger partial charge in [0.1, 0.15) is 0 Å². The molecule has 156 valence electrons. The summed E-state index contributed by atoms with van der Waals surface area (Å²) < 4.78 is 11.8. The Labute approximate surface area is 170 Å². The lowest BCUT2D eigenvalue weighted by atomic mass is 9.89. The summed E-state index contributed by atoms with van der Waals surface area (Å²) in [6.07, 6.45) is 6.14. The van der Waals surface area contributed by atoms with Gasteiger partial charge < -0.3 is 20.1 Å². The van der Waals surface area contributed by atoms with Crippen LogP contribution in [0.5, 0.6) is 0 Å². The van der Waals surface area contributed by atoms with E-state index in [0.29, 0.717) is 5.92 Å². The van der Waals surface area contributed by atoms with Crippen LogP contribution >= 0.6 is 0 Å². The first-order valence-electron chi connectivity index (χ1n) is 11.0. The highest BCUT2D eigenvalue weighted by molar-refractivity contribution is 5.79. The third-order valence-corrected chi connectivity index (χ3v) is 5.49. The number of aliphatic imine (C=N–C) groups is 1. The zero-order chi connectivity index (χ0) is 19.6. The van der Waals surface area contributed by atoms with Gasteiger partial charge in [-0.3, -0.25) is 4.99 Å². The van der Waals surface area contributed by atoms with Crippen LogP contribution in [0.2, 0.25) is 0 Å². The molecule has 2 N–H and O–H groups in total. The van der Waals surface area contributed by atoms with Crippen molar-refractivity contribution in [3.05, 3.63) is 35.4 Å². The molecule has 1 saturated heterocycles. The molecular weight excluding hydrogens is 350 g/mol. The largest absolute Gasteiger partial charge is 0.381 e. The maximum Gasteiger partial charge on any atom is 0.191 e. The van der Waals surface area contributed by atoms with Crippen LogP contribution in [-0.2, 0) is 9.47 Å². The van der Waals surface area contributed by atoms with Crippen molar-refractivity contribution in [1.29, 1.82) is 0 Å². The Kier molecular flexibility index (Phi) is 8.62. The molecule has 1 heterocycles. The van der Waals surface area contributed by atoms with Crippen LogP contribution in [0.1, 0.15) is 56.3 Å². The van der Waals surface area contributed by atoms with Crippen molar-refractivity contribution in [2.75, 3.05) is 39.5 Å². The first-order valence-corrected chi connectivity index (χ1v) is 11.0. The summed E-state index contributed by atoms with van der Waals surface area (Å²) in [5, 5.41) is 6.80. The molecular formula is C23H37N3O2. The first-order chi connectivity index (χ1) is 13.8. The smallest absolute Gasteiger partial charge is 0.191 e. The summed E-state index contributed by atoms with van der Waals surface area (Å²) in [4.78, 5) is 4.86. The molecule has 1 aromatic carbocycles. The third-order valence-electron chi connectivity index (χ3n) is 5.49. The normalized spacial score (nSPS) is 22.9. The van der Waals surface area contributed by atoms with Crippen LogP contribution < -0.4 is 10.6 Å². The van der Waals surface area contributed by atoms with Crippen LogP contribution in [0.15, 0.2) is 29.3 Å². The van der Waals surface area contributed by atoms with Crippen molar-refractivity contribution in [3.63, 3.8) is 0 Å². The second-order valence-electron chi connectivity index (χ2n) is 8.12. The molecule has 0 bridgehead atoms. The molecule has 0 amide bonds. The summed E-state index contributed by atoms with van der Waals surface area (Å²) >= 11 is 0. The molecule has 0 aromatic heterocycles. The summed E-state index contributed by atoms with van der Waals surface area (Å²) in [5.41, 5.74) is 2.56. The SMILES string of the molecule is CCNC(=NCC1CCCOC1c1ccc(C)cc1)NCCCOCC1CC1. The number of guanidine groups is 1. The molecule has 1 aromatic rings. The van der Waals surface area contributed by atoms with Gasteiger partial charge in [-0.05, 0) is 57.4 Å². The van der Waals surface area contributed by atoms with E-state index in [-0.39, 0.29) is 6.10 Å². The lowest BCUT2D eigenvalue weighted by Gasteiger charge is -2.31. The summed E-state index contributed by atoms with van der Waals surface area (Å²) in [6, 6.07) is 8.75. The van der Waals surface area contributed by atoms with Crippen molar-refractivity contribution in [1.82, 2.24) is 10.6 Å². The topological polar surface area (TPSA) is 54.9 Å². The maximum absolute atomic E-state index is 6.13. The number of hydrogen-bond acceptors (Lipinski definition) is 3. The molecule has 1 saturated carbocycles. The summed E-state index contributed by atoms with van der Waals surface area (Å²) in [5.74, 6) is 2.16. The van der Waals surface area contributed by atoms with Gasteiger partial charge in [-0.1, -0.05) is 29.8 Å². The van der Waals surface area contributed by atoms with Crippen LogP contribution in [0.4, 0.5) is 0 Å². The van der Waals surface area contributed by atoms with Gasteiger partial charge >= 0.3 is 0 Å². The number of aryl methyl sites for hydroxylation is 1. The highest BCUT2D eigenvalue weighted by atomic mass is 16.5. The molecule has 2 atom stereocenters. The van der Waals surface area contributed by atoms with Gasteiger partial charge in [0.15, 0.2) is 5.96 Å². The lowest BCUT2D eigenvalue weighted by molar-refractivity contribution is -0.0250. The summed E-state index contributed by atoms with van der Waals surface area (Å²) in [6.45, 7) is 9.38. The Morgan fingerprint density at radius 3 is 2.75 bits per heavy atom. The van der Waals surface area contributed by atoms with Crippen molar-refractivity contribution in [2.24, 2.45) is 16.8 Å². The van der Waals surface area contributed by atoms with Gasteiger partial charge in [0.2, 0.25) is 0 Å². The molecule has 1 aliphatic carbocycles. The number of rotatable bonds is 10. The van der Waals surface area contributed by atoms with Crippen molar-refractivity contribution in [3.8, 4) is 0 Å². The molecule has 3 rings (SSSR count). The Morgan fingerprint density at radius 2 is 2.00 bits per heavy atom. The van der Waals surface area contributed by atoms with E-state index in [0.717, 1.165) is 70.6 Å². The van der Waals surface area contributed by atoms with E-state index in [9.17, 15) is 0 Å². The average molecular weight is 388 g/mol. The second kappa shape index (κ2) is 11.4. The van der Waals surface area contributed by atoms with Gasteiger partial charge in [-0.2, -0.15) is 0 Å². The molecule has 0 spiro atoms. The fourth-order valence-corrected chi connectivity index (χ4v) is 3.62. The molecule has 2 aliphatic rings. The number of nitrogens with zero attached hydrogens (tertiary/aromatic N) is 1. The van der Waals surface area contributed by atoms with E-state index in [2.05, 4.69) is 48.7 Å². The van der Waals surface area contributed by atoms with Gasteiger partial charge in [0, 0.05) is 45.4 Å². The molecule has 5 heteroatoms. The molecule has 2 unspecified atom stereocenters. The van der Waals surface area contributed by atoms with Crippen molar-refractivity contribution in [2.45, 2.75) is 52.1 Å². The fourth-order valence-electron chi connectivity index (χ4n) is 3.62. The number of ether oxygens (including phenoxy) is 2. The molecule has 5 nitrogen and oxygen atoms in total. The number of benzene rings is 1. The van der Waals surface area contributed by atoms with Crippen molar-refractivity contribution >= 4 is 5.96 Å². The average Bonchev–Trinajstić information content (AvgIpc) is 3.54. The quantitative estimate of drug-likeness (QED) is 0.364. The van der Waals surface area contributed by atoms with Crippen LogP contribution in [-0.4, -0.2) is 45.4 Å². The standard InChI is InChI=1S/C23H37N3O2/c1-3-24-23(25-13-5-14-27-17-19-9-10-19)26-16-21-6-4-15-28-22(21)20-11-7-18(2)8-12-20/h7-8,11-12,19,21-22H,3-6,9-10,13-17H2,1-2H3,(H2,24,25,26). The van der Waals surface area contributed by atoms with Crippen molar-refractivity contribution < 1.29 is 9.47 Å². The third kappa shape index (κ3) is 7.10. The molecule has 2 fully saturated rings. The zero-order valence-electron chi connectivity index (χ0n) is 17.6. The monoisotopic (exact) mass is 387 g/mol. The van der Waals surface area contributed by atoms with E-state index in [1.807, 2.05) is 0 Å². The maximum atomic E-state index is 6.13. The van der Waals surface area contributed by atoms with E-state index in [1.54, 1.807) is 0 Å². The van der Waals surface area contributed by atoms with E-state index >= 15 is 0 Å². The molecule has 1 aliphatic heterocycles. The predicted octanol–water partition coefficient (Wildman–Crippen LogP) is 3.83. The van der Waals surface area contributed by atoms with E-state index in [1.165, 1.54) is 24.0 Å². The predicted molar refractivity (Wildman–Crippen MR) is 115 cm³/mol. The van der Waals surface area contributed by atoms with Crippen LogP contribution in [0, 0.1) is 18.8 Å². The highest BCUT2D eigenvalue weighted by Gasteiger charge is 2.27. The fraction of sp³-hybridized carbons (Fsp3) is 0.696. The minimum Gasteiger partial charge on any atom is -0.381 e. The Hall–Kier alpha value is -1.59. The van der Waals surface area contributed by atoms with Gasteiger partial charge in [0.05, 0.1) is 6.10 Å². The van der Waals surface area contributed by atoms with Gasteiger partial charge in [0.25, 0.3) is 0 Å². The minimum atomic E-state index is 0.150. The second-order valence-corrected chi connectivity index (χ2v) is 8.12.